The number of hydrogen-bond acceptors (Lipinski definition) is 3. The number of nitrogens with zero attached hydrogens (tertiary/aromatic N) is 2. The first kappa shape index (κ1) is 13.8. The number of hydrogen-bond donors (Lipinski definition) is 2. The van der Waals surface area contributed by atoms with Crippen molar-refractivity contribution in [3.63, 3.8) is 0 Å². The van der Waals surface area contributed by atoms with Crippen molar-refractivity contribution in [2.45, 2.75) is 25.9 Å². The van der Waals surface area contributed by atoms with Gasteiger partial charge in [0.1, 0.15) is 11.5 Å². The summed E-state index contributed by atoms with van der Waals surface area (Å²) in [5.74, 6) is -0.261. The van der Waals surface area contributed by atoms with Crippen molar-refractivity contribution in [2.75, 3.05) is 0 Å². The quantitative estimate of drug-likeness (QED) is 0.679. The molecule has 1 atom stereocenters. The van der Waals surface area contributed by atoms with Crippen LogP contribution in [0.2, 0.25) is 0 Å². The minimum Gasteiger partial charge on any atom is -0.302 e. The fourth-order valence-electron chi connectivity index (χ4n) is 2.95. The van der Waals surface area contributed by atoms with Crippen molar-refractivity contribution in [2.24, 2.45) is 0 Å². The molecule has 4 rings (SSSR count). The van der Waals surface area contributed by atoms with Crippen LogP contribution in [0.15, 0.2) is 24.3 Å². The van der Waals surface area contributed by atoms with E-state index in [9.17, 15) is 4.39 Å². The standard InChI is InChI=1S/C16H16FN4P/c1-16(2)15-8(7-18-16)3-4-11(19-15)14-9-5-10(17)13(22)6-12(9)20-21-14/h3-6,18H,7,22H2,1-2H3,(H,20,21). The Morgan fingerprint density at radius 3 is 2.91 bits per heavy atom. The number of nitrogens with one attached hydrogen (secondary N) is 2. The highest BCUT2D eigenvalue weighted by molar-refractivity contribution is 7.27. The van der Waals surface area contributed by atoms with E-state index in [0.717, 1.165) is 28.8 Å². The first-order valence-corrected chi connectivity index (χ1v) is 7.72. The molecule has 1 aliphatic rings. The van der Waals surface area contributed by atoms with Gasteiger partial charge in [0.25, 0.3) is 0 Å². The largest absolute Gasteiger partial charge is 0.302 e. The Kier molecular flexibility index (Phi) is 2.87. The summed E-state index contributed by atoms with van der Waals surface area (Å²) in [5, 5.41) is 12.0. The Bertz CT molecular complexity index is 901. The predicted octanol–water partition coefficient (Wildman–Crippen LogP) is 2.60. The van der Waals surface area contributed by atoms with Crippen molar-refractivity contribution in [3.8, 4) is 11.4 Å². The molecule has 1 aliphatic heterocycles. The van der Waals surface area contributed by atoms with Crippen LogP contribution in [0.4, 0.5) is 4.39 Å². The lowest BCUT2D eigenvalue weighted by Gasteiger charge is -2.18. The number of H-pyrrole nitrogens is 1. The molecule has 0 aliphatic carbocycles. The number of benzene rings is 1. The minimum atomic E-state index is -0.261. The van der Waals surface area contributed by atoms with Crippen LogP contribution in [0.3, 0.4) is 0 Å². The lowest BCUT2D eigenvalue weighted by molar-refractivity contribution is 0.433. The van der Waals surface area contributed by atoms with Crippen molar-refractivity contribution in [3.05, 3.63) is 41.3 Å². The number of pyridine rings is 1. The number of aromatic nitrogens is 3. The first-order chi connectivity index (χ1) is 10.5. The summed E-state index contributed by atoms with van der Waals surface area (Å²) in [4.78, 5) is 4.78. The average molecular weight is 314 g/mol. The van der Waals surface area contributed by atoms with Crippen LogP contribution in [-0.2, 0) is 12.1 Å². The van der Waals surface area contributed by atoms with Gasteiger partial charge in [-0.1, -0.05) is 6.07 Å². The van der Waals surface area contributed by atoms with Gasteiger partial charge in [-0.15, -0.1) is 9.24 Å². The Morgan fingerprint density at radius 1 is 1.27 bits per heavy atom. The molecule has 0 fully saturated rings. The predicted molar refractivity (Wildman–Crippen MR) is 88.5 cm³/mol. The maximum atomic E-state index is 13.9. The van der Waals surface area contributed by atoms with Crippen LogP contribution >= 0.6 is 9.24 Å². The third kappa shape index (κ3) is 1.97. The molecule has 1 unspecified atom stereocenters. The summed E-state index contributed by atoms with van der Waals surface area (Å²) >= 11 is 0. The molecular weight excluding hydrogens is 298 g/mol. The van der Waals surface area contributed by atoms with Gasteiger partial charge >= 0.3 is 0 Å². The van der Waals surface area contributed by atoms with Crippen LogP contribution in [0, 0.1) is 5.82 Å². The average Bonchev–Trinajstić information content (AvgIpc) is 3.01. The molecule has 22 heavy (non-hydrogen) atoms. The molecule has 0 spiro atoms. The Morgan fingerprint density at radius 2 is 2.09 bits per heavy atom. The maximum Gasteiger partial charge on any atom is 0.131 e. The summed E-state index contributed by atoms with van der Waals surface area (Å²) in [5.41, 5.74) is 4.33. The highest BCUT2D eigenvalue weighted by Crippen LogP contribution is 2.32. The van der Waals surface area contributed by atoms with E-state index >= 15 is 0 Å². The fraction of sp³-hybridized carbons (Fsp3) is 0.250. The minimum absolute atomic E-state index is 0.157. The molecule has 3 heterocycles. The molecule has 2 N–H and O–H groups in total. The van der Waals surface area contributed by atoms with E-state index in [1.165, 1.54) is 11.6 Å². The smallest absolute Gasteiger partial charge is 0.131 e. The van der Waals surface area contributed by atoms with Crippen molar-refractivity contribution in [1.29, 1.82) is 0 Å². The molecular formula is C16H16FN4P. The number of rotatable bonds is 1. The highest BCUT2D eigenvalue weighted by atomic mass is 31.0. The second-order valence-electron chi connectivity index (χ2n) is 6.17. The summed E-state index contributed by atoms with van der Waals surface area (Å²) in [7, 11) is 2.39. The van der Waals surface area contributed by atoms with Gasteiger partial charge < -0.3 is 5.32 Å². The summed E-state index contributed by atoms with van der Waals surface area (Å²) in [6, 6.07) is 7.27. The van der Waals surface area contributed by atoms with Gasteiger partial charge in [-0.25, -0.2) is 9.37 Å². The van der Waals surface area contributed by atoms with Gasteiger partial charge in [-0.05, 0) is 37.6 Å². The first-order valence-electron chi connectivity index (χ1n) is 7.14. The van der Waals surface area contributed by atoms with Gasteiger partial charge in [0.15, 0.2) is 0 Å². The fourth-order valence-corrected chi connectivity index (χ4v) is 3.20. The van der Waals surface area contributed by atoms with Crippen molar-refractivity contribution in [1.82, 2.24) is 20.5 Å². The van der Waals surface area contributed by atoms with Crippen LogP contribution in [0.25, 0.3) is 22.3 Å². The highest BCUT2D eigenvalue weighted by Gasteiger charge is 2.31. The second-order valence-corrected chi connectivity index (χ2v) is 6.80. The SMILES string of the molecule is CC1(C)NCc2ccc(-c3n[nH]c4cc(P)c(F)cc34)nc21. The summed E-state index contributed by atoms with van der Waals surface area (Å²) in [6.07, 6.45) is 0. The lowest BCUT2D eigenvalue weighted by Crippen LogP contribution is -2.29. The Labute approximate surface area is 129 Å². The second kappa shape index (κ2) is 4.58. The van der Waals surface area contributed by atoms with Crippen LogP contribution in [0.1, 0.15) is 25.1 Å². The van der Waals surface area contributed by atoms with Crippen LogP contribution in [-0.4, -0.2) is 15.2 Å². The Hall–Kier alpha value is -1.84. The molecule has 2 aromatic heterocycles. The summed E-state index contributed by atoms with van der Waals surface area (Å²) in [6.45, 7) is 5.04. The number of fused-ring (bicyclic) bond motifs is 2. The van der Waals surface area contributed by atoms with Gasteiger partial charge in [-0.3, -0.25) is 5.10 Å². The lowest BCUT2D eigenvalue weighted by atomic mass is 10.00. The number of aromatic amines is 1. The third-order valence-corrected chi connectivity index (χ3v) is 4.66. The normalized spacial score (nSPS) is 16.2. The van der Waals surface area contributed by atoms with E-state index in [4.69, 9.17) is 4.98 Å². The van der Waals surface area contributed by atoms with E-state index in [1.54, 1.807) is 6.07 Å². The molecule has 0 saturated carbocycles. The zero-order chi connectivity index (χ0) is 15.5. The third-order valence-electron chi connectivity index (χ3n) is 4.21. The van der Waals surface area contributed by atoms with E-state index in [1.807, 2.05) is 6.07 Å². The molecule has 3 aromatic rings. The number of halogens is 1. The molecule has 0 radical (unpaired) electrons. The van der Waals surface area contributed by atoms with Gasteiger partial charge in [-0.2, -0.15) is 5.10 Å². The molecule has 0 saturated heterocycles. The zero-order valence-corrected chi connectivity index (χ0v) is 13.5. The molecule has 0 bridgehead atoms. The molecule has 0 amide bonds. The van der Waals surface area contributed by atoms with Gasteiger partial charge in [0.05, 0.1) is 22.4 Å². The van der Waals surface area contributed by atoms with Gasteiger partial charge in [0.2, 0.25) is 0 Å². The van der Waals surface area contributed by atoms with Crippen LogP contribution < -0.4 is 10.6 Å². The molecule has 112 valence electrons. The Balaban J connectivity index is 1.92. The van der Waals surface area contributed by atoms with E-state index < -0.39 is 0 Å². The molecule has 6 heteroatoms. The van der Waals surface area contributed by atoms with E-state index in [-0.39, 0.29) is 11.4 Å². The van der Waals surface area contributed by atoms with E-state index in [0.29, 0.717) is 11.0 Å². The zero-order valence-electron chi connectivity index (χ0n) is 12.4. The summed E-state index contributed by atoms with van der Waals surface area (Å²) < 4.78 is 13.9. The van der Waals surface area contributed by atoms with Gasteiger partial charge in [0, 0.05) is 17.2 Å². The van der Waals surface area contributed by atoms with Crippen molar-refractivity contribution < 1.29 is 4.39 Å². The van der Waals surface area contributed by atoms with Crippen molar-refractivity contribution >= 4 is 25.4 Å². The monoisotopic (exact) mass is 314 g/mol. The van der Waals surface area contributed by atoms with Crippen LogP contribution in [0.5, 0.6) is 0 Å². The maximum absolute atomic E-state index is 13.9. The molecule has 1 aromatic carbocycles. The molecule has 4 nitrogen and oxygen atoms in total. The van der Waals surface area contributed by atoms with E-state index in [2.05, 4.69) is 44.7 Å². The topological polar surface area (TPSA) is 53.6 Å².